The van der Waals surface area contributed by atoms with Gasteiger partial charge in [0, 0.05) is 11.8 Å². The summed E-state index contributed by atoms with van der Waals surface area (Å²) in [5, 5.41) is 0. The monoisotopic (exact) mass is 351 g/mol. The summed E-state index contributed by atoms with van der Waals surface area (Å²) in [5.41, 5.74) is 3.96. The largest absolute Gasteiger partial charge is 0.455 e. The van der Waals surface area contributed by atoms with E-state index < -0.39 is 11.6 Å². The molecule has 2 aromatic carbocycles. The van der Waals surface area contributed by atoms with E-state index in [0.717, 1.165) is 22.9 Å². The lowest BCUT2D eigenvalue weighted by Gasteiger charge is -2.05. The Morgan fingerprint density at radius 1 is 0.885 bits per heavy atom. The second-order valence-corrected chi connectivity index (χ2v) is 6.06. The quantitative estimate of drug-likeness (QED) is 0.494. The van der Waals surface area contributed by atoms with Crippen molar-refractivity contribution in [3.63, 3.8) is 0 Å². The summed E-state index contributed by atoms with van der Waals surface area (Å²) >= 11 is 0. The molecule has 26 heavy (non-hydrogen) atoms. The molecule has 0 bridgehead atoms. The van der Waals surface area contributed by atoms with Crippen LogP contribution in [0.5, 0.6) is 0 Å². The number of hydrogen-bond acceptors (Lipinski definition) is 2. The Morgan fingerprint density at radius 2 is 1.62 bits per heavy atom. The highest BCUT2D eigenvalue weighted by Crippen LogP contribution is 2.26. The summed E-state index contributed by atoms with van der Waals surface area (Å²) in [6.07, 6.45) is 0. The van der Waals surface area contributed by atoms with Crippen LogP contribution in [0.25, 0.3) is 16.9 Å². The molecule has 0 saturated carbocycles. The number of benzene rings is 2. The molecule has 2 nitrogen and oxygen atoms in total. The first-order chi connectivity index (χ1) is 12.5. The van der Waals surface area contributed by atoms with Crippen LogP contribution < -0.4 is 0 Å². The first-order valence-electron chi connectivity index (χ1n) is 8.29. The van der Waals surface area contributed by atoms with Crippen molar-refractivity contribution < 1.29 is 13.2 Å². The van der Waals surface area contributed by atoms with E-state index in [2.05, 4.69) is 4.99 Å². The van der Waals surface area contributed by atoms with Gasteiger partial charge in [0.05, 0.1) is 11.3 Å². The Hall–Kier alpha value is -3.01. The third-order valence-corrected chi connectivity index (χ3v) is 4.24. The lowest BCUT2D eigenvalue weighted by molar-refractivity contribution is 0.554. The summed E-state index contributed by atoms with van der Waals surface area (Å²) < 4.78 is 32.7. The maximum atomic E-state index is 13.9. The minimum Gasteiger partial charge on any atom is -0.455 e. The van der Waals surface area contributed by atoms with Crippen LogP contribution in [0, 0.1) is 11.6 Å². The van der Waals surface area contributed by atoms with Gasteiger partial charge in [-0.05, 0) is 56.2 Å². The van der Waals surface area contributed by atoms with E-state index in [-0.39, 0.29) is 5.56 Å². The zero-order chi connectivity index (χ0) is 18.7. The maximum Gasteiger partial charge on any atom is 0.148 e. The molecule has 1 heterocycles. The number of rotatable bonds is 4. The van der Waals surface area contributed by atoms with Crippen molar-refractivity contribution in [2.45, 2.75) is 20.8 Å². The minimum absolute atomic E-state index is 0.221. The minimum atomic E-state index is -0.656. The van der Waals surface area contributed by atoms with Crippen LogP contribution in [0.15, 0.2) is 75.8 Å². The van der Waals surface area contributed by atoms with E-state index in [0.29, 0.717) is 17.2 Å². The highest BCUT2D eigenvalue weighted by Gasteiger charge is 2.12. The zero-order valence-corrected chi connectivity index (χ0v) is 14.9. The molecule has 0 aliphatic rings. The molecular formula is C22H19F2NO. The van der Waals surface area contributed by atoms with E-state index in [4.69, 9.17) is 4.42 Å². The first kappa shape index (κ1) is 17.8. The van der Waals surface area contributed by atoms with E-state index in [1.807, 2.05) is 51.1 Å². The third-order valence-electron chi connectivity index (χ3n) is 4.24. The molecule has 0 amide bonds. The summed E-state index contributed by atoms with van der Waals surface area (Å²) in [5.74, 6) is -0.387. The zero-order valence-electron chi connectivity index (χ0n) is 14.9. The fourth-order valence-electron chi connectivity index (χ4n) is 2.65. The van der Waals surface area contributed by atoms with E-state index >= 15 is 0 Å². The van der Waals surface area contributed by atoms with Gasteiger partial charge in [-0.1, -0.05) is 30.3 Å². The molecule has 0 atom stereocenters. The van der Waals surface area contributed by atoms with Crippen molar-refractivity contribution in [3.05, 3.63) is 89.3 Å². The standard InChI is InChI=1S/C22H19F2NO/c1-14(17-7-5-4-6-8-17)15(2)25-16(3)21-11-12-22(26-21)19-10-9-18(23)13-20(19)24/h4-13H,1-3H3/b15-14+,25-16+. The number of hydrogen-bond donors (Lipinski definition) is 0. The second-order valence-electron chi connectivity index (χ2n) is 6.06. The van der Waals surface area contributed by atoms with Gasteiger partial charge in [-0.2, -0.15) is 0 Å². The average molecular weight is 351 g/mol. The van der Waals surface area contributed by atoms with Crippen LogP contribution in [-0.2, 0) is 0 Å². The molecule has 132 valence electrons. The van der Waals surface area contributed by atoms with Crippen LogP contribution in [0.4, 0.5) is 8.78 Å². The molecule has 0 fully saturated rings. The molecule has 0 unspecified atom stereocenters. The first-order valence-corrected chi connectivity index (χ1v) is 8.29. The summed E-state index contributed by atoms with van der Waals surface area (Å²) in [7, 11) is 0. The van der Waals surface area contributed by atoms with Crippen LogP contribution in [-0.4, -0.2) is 5.71 Å². The van der Waals surface area contributed by atoms with Crippen molar-refractivity contribution in [2.75, 3.05) is 0 Å². The fraction of sp³-hybridized carbons (Fsp3) is 0.136. The number of allylic oxidation sites excluding steroid dienone is 2. The van der Waals surface area contributed by atoms with Gasteiger partial charge in [0.2, 0.25) is 0 Å². The molecule has 0 aliphatic carbocycles. The molecule has 1 aromatic heterocycles. The Morgan fingerprint density at radius 3 is 2.31 bits per heavy atom. The molecule has 0 spiro atoms. The molecule has 0 saturated heterocycles. The highest BCUT2D eigenvalue weighted by atomic mass is 19.1. The number of nitrogens with zero attached hydrogens (tertiary/aromatic N) is 1. The summed E-state index contributed by atoms with van der Waals surface area (Å²) in [6, 6.07) is 16.8. The van der Waals surface area contributed by atoms with Gasteiger partial charge in [-0.15, -0.1) is 0 Å². The van der Waals surface area contributed by atoms with Crippen LogP contribution in [0.3, 0.4) is 0 Å². The summed E-state index contributed by atoms with van der Waals surface area (Å²) in [4.78, 5) is 4.62. The predicted octanol–water partition coefficient (Wildman–Crippen LogP) is 6.48. The SMILES string of the molecule is C/C(=N\C(C)=C(/C)c1ccccc1)c1ccc(-c2ccc(F)cc2F)o1. The van der Waals surface area contributed by atoms with Crippen molar-refractivity contribution in [2.24, 2.45) is 4.99 Å². The fourth-order valence-corrected chi connectivity index (χ4v) is 2.65. The molecule has 3 rings (SSSR count). The van der Waals surface area contributed by atoms with E-state index in [1.165, 1.54) is 12.1 Å². The third kappa shape index (κ3) is 3.80. The predicted molar refractivity (Wildman–Crippen MR) is 101 cm³/mol. The second kappa shape index (κ2) is 7.48. The van der Waals surface area contributed by atoms with Crippen LogP contribution >= 0.6 is 0 Å². The van der Waals surface area contributed by atoms with Gasteiger partial charge in [0.1, 0.15) is 23.2 Å². The topological polar surface area (TPSA) is 25.5 Å². The molecule has 3 aromatic rings. The van der Waals surface area contributed by atoms with Crippen molar-refractivity contribution >= 4 is 11.3 Å². The van der Waals surface area contributed by atoms with Crippen molar-refractivity contribution in [1.29, 1.82) is 0 Å². The molecular weight excluding hydrogens is 332 g/mol. The lowest BCUT2D eigenvalue weighted by Crippen LogP contribution is -1.93. The normalized spacial score (nSPS) is 12.9. The lowest BCUT2D eigenvalue weighted by atomic mass is 10.1. The van der Waals surface area contributed by atoms with Gasteiger partial charge in [-0.25, -0.2) is 8.78 Å². The smallest absolute Gasteiger partial charge is 0.148 e. The molecule has 0 aliphatic heterocycles. The van der Waals surface area contributed by atoms with E-state index in [1.54, 1.807) is 12.1 Å². The van der Waals surface area contributed by atoms with Gasteiger partial charge in [-0.3, -0.25) is 4.99 Å². The van der Waals surface area contributed by atoms with Crippen LogP contribution in [0.2, 0.25) is 0 Å². The molecule has 0 radical (unpaired) electrons. The number of furan rings is 1. The number of halogens is 2. The Kier molecular flexibility index (Phi) is 5.12. The van der Waals surface area contributed by atoms with E-state index in [9.17, 15) is 8.78 Å². The summed E-state index contributed by atoms with van der Waals surface area (Å²) in [6.45, 7) is 5.80. The Bertz CT molecular complexity index is 984. The van der Waals surface area contributed by atoms with Crippen LogP contribution in [0.1, 0.15) is 32.1 Å². The average Bonchev–Trinajstić information content (AvgIpc) is 3.11. The van der Waals surface area contributed by atoms with Gasteiger partial charge in [0.15, 0.2) is 0 Å². The van der Waals surface area contributed by atoms with Gasteiger partial charge in [0.25, 0.3) is 0 Å². The van der Waals surface area contributed by atoms with Gasteiger partial charge >= 0.3 is 0 Å². The Labute approximate surface area is 151 Å². The molecule has 4 heteroatoms. The molecule has 0 N–H and O–H groups in total. The number of aliphatic imine (C=N–C) groups is 1. The van der Waals surface area contributed by atoms with Crippen molar-refractivity contribution in [1.82, 2.24) is 0 Å². The maximum absolute atomic E-state index is 13.9. The van der Waals surface area contributed by atoms with Crippen molar-refractivity contribution in [3.8, 4) is 11.3 Å². The Balaban J connectivity index is 1.90. The highest BCUT2D eigenvalue weighted by molar-refractivity contribution is 5.97. The van der Waals surface area contributed by atoms with Gasteiger partial charge < -0.3 is 4.42 Å².